The van der Waals surface area contributed by atoms with Crippen LogP contribution in [0, 0.1) is 0 Å². The minimum Gasteiger partial charge on any atom is -0.352 e. The molecule has 0 atom stereocenters. The summed E-state index contributed by atoms with van der Waals surface area (Å²) in [5.41, 5.74) is 1.69. The van der Waals surface area contributed by atoms with Crippen molar-refractivity contribution in [2.75, 3.05) is 0 Å². The van der Waals surface area contributed by atoms with E-state index in [2.05, 4.69) is 4.98 Å². The Labute approximate surface area is 85.4 Å². The van der Waals surface area contributed by atoms with Gasteiger partial charge in [-0.1, -0.05) is 32.0 Å². The lowest BCUT2D eigenvalue weighted by atomic mass is 10.2. The maximum atomic E-state index is 11.0. The quantitative estimate of drug-likeness (QED) is 0.686. The lowest BCUT2D eigenvalue weighted by molar-refractivity contribution is 0.101. The predicted octanol–water partition coefficient (Wildman–Crippen LogP) is 3.64. The van der Waals surface area contributed by atoms with Crippen molar-refractivity contribution in [1.29, 1.82) is 0 Å². The van der Waals surface area contributed by atoms with E-state index >= 15 is 0 Å². The van der Waals surface area contributed by atoms with E-state index in [-0.39, 0.29) is 7.21 Å². The number of Topliss-reactive ketones (excluding diaryl/α,β-unsaturated/α-hetero) is 1. The zero-order chi connectivity index (χ0) is 10.6. The van der Waals surface area contributed by atoms with Crippen LogP contribution in [0.15, 0.2) is 30.3 Å². The fourth-order valence-electron chi connectivity index (χ4n) is 1.26. The van der Waals surface area contributed by atoms with Gasteiger partial charge < -0.3 is 4.98 Å². The maximum absolute atomic E-state index is 11.0. The van der Waals surface area contributed by atoms with E-state index < -0.39 is 0 Å². The number of H-pyrrole nitrogens is 1. The summed E-state index contributed by atoms with van der Waals surface area (Å²) in [5, 5.41) is 1.09. The third kappa shape index (κ3) is 2.02. The molecule has 0 fully saturated rings. The molecule has 1 aromatic carbocycles. The van der Waals surface area contributed by atoms with Crippen LogP contribution in [0.2, 0.25) is 0 Å². The van der Waals surface area contributed by atoms with Crippen LogP contribution in [0.3, 0.4) is 0 Å². The minimum atomic E-state index is 0. The summed E-state index contributed by atoms with van der Waals surface area (Å²) in [6, 6.07) is 9.72. The third-order valence-electron chi connectivity index (χ3n) is 1.91. The largest absolute Gasteiger partial charge is 0.352 e. The van der Waals surface area contributed by atoms with Gasteiger partial charge in [0.05, 0.1) is 5.69 Å². The van der Waals surface area contributed by atoms with Crippen LogP contribution >= 0.6 is 0 Å². The molecule has 0 aliphatic carbocycles. The Morgan fingerprint density at radius 1 is 1.29 bits per heavy atom. The van der Waals surface area contributed by atoms with Gasteiger partial charge in [0.15, 0.2) is 5.78 Å². The smallest absolute Gasteiger partial charge is 0.175 e. The van der Waals surface area contributed by atoms with Crippen molar-refractivity contribution in [3.8, 4) is 0 Å². The molecule has 0 saturated heterocycles. The summed E-state index contributed by atoms with van der Waals surface area (Å²) in [7, 11) is 0. The highest BCUT2D eigenvalue weighted by molar-refractivity contribution is 5.97. The van der Waals surface area contributed by atoms with Gasteiger partial charge in [0.1, 0.15) is 0 Å². The Hall–Kier alpha value is -1.57. The number of ketones is 1. The molecule has 0 saturated carbocycles. The lowest BCUT2D eigenvalue weighted by Gasteiger charge is -1.85. The monoisotopic (exact) mass is 191 g/mol. The Bertz CT molecular complexity index is 401. The number of para-hydroxylation sites is 1. The molecule has 2 aromatic rings. The van der Waals surface area contributed by atoms with Crippen molar-refractivity contribution in [3.05, 3.63) is 36.0 Å². The second-order valence-electron chi connectivity index (χ2n) is 2.83. The lowest BCUT2D eigenvalue weighted by Crippen LogP contribution is -1.89. The number of aromatic nitrogens is 1. The predicted molar refractivity (Wildman–Crippen MR) is 61.8 cm³/mol. The van der Waals surface area contributed by atoms with Crippen LogP contribution in [0.25, 0.3) is 10.9 Å². The molecule has 2 rings (SSSR count). The second-order valence-corrected chi connectivity index (χ2v) is 2.83. The van der Waals surface area contributed by atoms with E-state index in [4.69, 9.17) is 0 Å². The minimum absolute atomic E-state index is 0. The number of nitrogens with one attached hydrogen (secondary N) is 1. The first-order valence-electron chi connectivity index (χ1n) is 4.86. The van der Waals surface area contributed by atoms with E-state index in [1.54, 1.807) is 6.92 Å². The van der Waals surface area contributed by atoms with E-state index in [9.17, 15) is 4.79 Å². The molecular formula is C12H17NO. The molecule has 76 valence electrons. The summed E-state index contributed by atoms with van der Waals surface area (Å²) < 4.78 is 0. The van der Waals surface area contributed by atoms with Crippen molar-refractivity contribution in [3.63, 3.8) is 0 Å². The van der Waals surface area contributed by atoms with Crippen molar-refractivity contribution >= 4 is 16.7 Å². The third-order valence-corrected chi connectivity index (χ3v) is 1.91. The van der Waals surface area contributed by atoms with E-state index in [0.29, 0.717) is 5.69 Å². The average molecular weight is 191 g/mol. The van der Waals surface area contributed by atoms with Gasteiger partial charge >= 0.3 is 0 Å². The number of rotatable bonds is 1. The molecule has 0 radical (unpaired) electrons. The first-order valence-corrected chi connectivity index (χ1v) is 4.86. The number of benzene rings is 1. The number of fused-ring (bicyclic) bond motifs is 1. The number of carbonyl (C=O) groups is 1. The second kappa shape index (κ2) is 4.61. The first-order chi connectivity index (χ1) is 6.77. The molecule has 0 bridgehead atoms. The summed E-state index contributed by atoms with van der Waals surface area (Å²) >= 11 is 0. The normalized spacial score (nSPS) is 9.36. The van der Waals surface area contributed by atoms with Gasteiger partial charge in [-0.2, -0.15) is 0 Å². The highest BCUT2D eigenvalue weighted by Gasteiger charge is 2.02. The summed E-state index contributed by atoms with van der Waals surface area (Å²) in [6.45, 7) is 5.56. The number of carbonyl (C=O) groups excluding carboxylic acids is 1. The number of hydrogen-bond acceptors (Lipinski definition) is 1. The molecule has 1 N–H and O–H groups in total. The van der Waals surface area contributed by atoms with Crippen molar-refractivity contribution in [2.24, 2.45) is 0 Å². The molecule has 0 amide bonds. The van der Waals surface area contributed by atoms with Crippen LogP contribution < -0.4 is 0 Å². The summed E-state index contributed by atoms with van der Waals surface area (Å²) in [6.07, 6.45) is 0. The Morgan fingerprint density at radius 2 is 1.93 bits per heavy atom. The van der Waals surface area contributed by atoms with Gasteiger partial charge in [-0.3, -0.25) is 4.79 Å². The van der Waals surface area contributed by atoms with E-state index in [1.807, 2.05) is 44.2 Å². The van der Waals surface area contributed by atoms with Crippen LogP contribution in [0.5, 0.6) is 0 Å². The molecule has 14 heavy (non-hydrogen) atoms. The highest BCUT2D eigenvalue weighted by atomic mass is 16.1. The molecule has 1 aromatic heterocycles. The molecule has 2 heteroatoms. The Balaban J connectivity index is 0.000000617. The topological polar surface area (TPSA) is 32.9 Å². The van der Waals surface area contributed by atoms with Gasteiger partial charge in [0.25, 0.3) is 0 Å². The zero-order valence-corrected chi connectivity index (χ0v) is 8.79. The van der Waals surface area contributed by atoms with Crippen LogP contribution in [-0.4, -0.2) is 10.8 Å². The van der Waals surface area contributed by atoms with E-state index in [0.717, 1.165) is 10.9 Å². The Morgan fingerprint density at radius 3 is 2.50 bits per heavy atom. The van der Waals surface area contributed by atoms with Crippen molar-refractivity contribution < 1.29 is 6.22 Å². The number of hydrogen-bond donors (Lipinski definition) is 1. The standard InChI is InChI=1S/C10H9NO.C2H6.H2/c1-7(12)10-6-8-4-2-3-5-9(8)11-10;1-2;/h2-6,11H,1H3;1-2H3;1H. The van der Waals surface area contributed by atoms with Crippen molar-refractivity contribution in [1.82, 2.24) is 4.98 Å². The highest BCUT2D eigenvalue weighted by Crippen LogP contribution is 2.14. The fourth-order valence-corrected chi connectivity index (χ4v) is 1.26. The van der Waals surface area contributed by atoms with Crippen LogP contribution in [0.4, 0.5) is 0 Å². The van der Waals surface area contributed by atoms with Gasteiger partial charge in [-0.25, -0.2) is 0 Å². The average Bonchev–Trinajstić information content (AvgIpc) is 2.64. The SMILES string of the molecule is CC.CC(=O)c1cc2ccccc2[nH]1.[HH]. The fraction of sp³-hybridized carbons (Fsp3) is 0.250. The molecular weight excluding hydrogens is 174 g/mol. The Kier molecular flexibility index (Phi) is 3.46. The molecule has 0 aliphatic rings. The van der Waals surface area contributed by atoms with Crippen molar-refractivity contribution in [2.45, 2.75) is 20.8 Å². The van der Waals surface area contributed by atoms with Gasteiger partial charge in [-0.05, 0) is 12.1 Å². The van der Waals surface area contributed by atoms with E-state index in [1.165, 1.54) is 0 Å². The summed E-state index contributed by atoms with van der Waals surface area (Å²) in [4.78, 5) is 14.0. The van der Waals surface area contributed by atoms with Crippen LogP contribution in [0.1, 0.15) is 32.7 Å². The van der Waals surface area contributed by atoms with Gasteiger partial charge in [-0.15, -0.1) is 0 Å². The molecule has 0 aliphatic heterocycles. The first kappa shape index (κ1) is 10.5. The molecule has 1 heterocycles. The van der Waals surface area contributed by atoms with Gasteiger partial charge in [0.2, 0.25) is 0 Å². The molecule has 2 nitrogen and oxygen atoms in total. The summed E-state index contributed by atoms with van der Waals surface area (Å²) in [5.74, 6) is 0.0752. The molecule has 0 unspecified atom stereocenters. The molecule has 0 spiro atoms. The zero-order valence-electron chi connectivity index (χ0n) is 8.79. The number of aromatic amines is 1. The van der Waals surface area contributed by atoms with Gasteiger partial charge in [0, 0.05) is 19.3 Å². The maximum Gasteiger partial charge on any atom is 0.175 e. The van der Waals surface area contributed by atoms with Crippen LogP contribution in [-0.2, 0) is 0 Å².